The molecule has 0 N–H and O–H groups in total. The number of nitrogens with zero attached hydrogens (tertiary/aromatic N) is 2. The van der Waals surface area contributed by atoms with Crippen LogP contribution in [0, 0.1) is 12.7 Å². The Morgan fingerprint density at radius 3 is 2.81 bits per heavy atom. The Morgan fingerprint density at radius 2 is 2.13 bits per heavy atom. The SMILES string of the molecule is COc1ccc(CN(c2nccs2)S(=O)(=O)c2cc3c(cc2F)[C@H](C)CCO3)c(C)c1. The fraction of sp³-hybridized carbons (Fsp3) is 0.318. The van der Waals surface area contributed by atoms with Crippen LogP contribution in [-0.4, -0.2) is 27.1 Å². The average Bonchev–Trinajstić information content (AvgIpc) is 3.27. The summed E-state index contributed by atoms with van der Waals surface area (Å²) in [6.07, 6.45) is 2.29. The second-order valence-electron chi connectivity index (χ2n) is 7.48. The first kappa shape index (κ1) is 21.6. The Labute approximate surface area is 185 Å². The molecule has 0 fully saturated rings. The molecule has 9 heteroatoms. The van der Waals surface area contributed by atoms with Gasteiger partial charge in [-0.2, -0.15) is 0 Å². The first-order valence-electron chi connectivity index (χ1n) is 9.83. The lowest BCUT2D eigenvalue weighted by Gasteiger charge is -2.26. The fourth-order valence-electron chi connectivity index (χ4n) is 3.60. The van der Waals surface area contributed by atoms with Crippen molar-refractivity contribution in [1.29, 1.82) is 0 Å². The number of benzene rings is 2. The van der Waals surface area contributed by atoms with Gasteiger partial charge in [-0.1, -0.05) is 13.0 Å². The molecule has 1 aliphatic rings. The van der Waals surface area contributed by atoms with Gasteiger partial charge in [0.15, 0.2) is 5.13 Å². The molecule has 0 spiro atoms. The number of hydrogen-bond donors (Lipinski definition) is 0. The van der Waals surface area contributed by atoms with E-state index in [2.05, 4.69) is 4.98 Å². The molecule has 2 aromatic carbocycles. The van der Waals surface area contributed by atoms with Crippen molar-refractivity contribution < 1.29 is 22.3 Å². The van der Waals surface area contributed by atoms with Gasteiger partial charge in [-0.15, -0.1) is 11.3 Å². The highest BCUT2D eigenvalue weighted by Gasteiger charge is 2.32. The zero-order valence-corrected chi connectivity index (χ0v) is 19.1. The van der Waals surface area contributed by atoms with Crippen LogP contribution in [0.5, 0.6) is 11.5 Å². The summed E-state index contributed by atoms with van der Waals surface area (Å²) in [6.45, 7) is 4.34. The van der Waals surface area contributed by atoms with Crippen molar-refractivity contribution in [2.75, 3.05) is 18.0 Å². The van der Waals surface area contributed by atoms with E-state index in [1.807, 2.05) is 19.9 Å². The lowest BCUT2D eigenvalue weighted by molar-refractivity contribution is 0.270. The molecule has 2 heterocycles. The number of fused-ring (bicyclic) bond motifs is 1. The minimum Gasteiger partial charge on any atom is -0.497 e. The van der Waals surface area contributed by atoms with Gasteiger partial charge in [-0.3, -0.25) is 0 Å². The smallest absolute Gasteiger partial charge is 0.269 e. The molecule has 0 amide bonds. The average molecular weight is 463 g/mol. The van der Waals surface area contributed by atoms with Crippen molar-refractivity contribution in [3.8, 4) is 11.5 Å². The number of ether oxygens (including phenoxy) is 2. The Balaban J connectivity index is 1.79. The second-order valence-corrected chi connectivity index (χ2v) is 10.2. The second kappa shape index (κ2) is 8.47. The number of rotatable bonds is 6. The van der Waals surface area contributed by atoms with Gasteiger partial charge in [0, 0.05) is 23.2 Å². The van der Waals surface area contributed by atoms with E-state index in [-0.39, 0.29) is 17.6 Å². The van der Waals surface area contributed by atoms with Crippen LogP contribution in [0.4, 0.5) is 9.52 Å². The lowest BCUT2D eigenvalue weighted by Crippen LogP contribution is -2.31. The lowest BCUT2D eigenvalue weighted by atomic mass is 9.95. The molecule has 0 aliphatic carbocycles. The number of methoxy groups -OCH3 is 1. The van der Waals surface area contributed by atoms with Crippen molar-refractivity contribution in [3.63, 3.8) is 0 Å². The van der Waals surface area contributed by atoms with E-state index in [1.165, 1.54) is 29.7 Å². The number of sulfonamides is 1. The van der Waals surface area contributed by atoms with Crippen LogP contribution < -0.4 is 13.8 Å². The summed E-state index contributed by atoms with van der Waals surface area (Å²) in [7, 11) is -2.67. The molecule has 4 rings (SSSR count). The Kier molecular flexibility index (Phi) is 5.90. The van der Waals surface area contributed by atoms with E-state index < -0.39 is 20.7 Å². The van der Waals surface area contributed by atoms with Crippen LogP contribution in [0.15, 0.2) is 46.8 Å². The molecule has 0 radical (unpaired) electrons. The molecular weight excluding hydrogens is 439 g/mol. The molecule has 1 aromatic heterocycles. The highest BCUT2D eigenvalue weighted by Crippen LogP contribution is 2.38. The quantitative estimate of drug-likeness (QED) is 0.522. The summed E-state index contributed by atoms with van der Waals surface area (Å²) in [6, 6.07) is 7.99. The number of anilines is 1. The zero-order chi connectivity index (χ0) is 22.2. The van der Waals surface area contributed by atoms with E-state index in [9.17, 15) is 8.42 Å². The maximum Gasteiger partial charge on any atom is 0.269 e. The molecule has 1 aliphatic heterocycles. The van der Waals surface area contributed by atoms with E-state index >= 15 is 4.39 Å². The molecule has 0 bridgehead atoms. The third kappa shape index (κ3) is 4.12. The van der Waals surface area contributed by atoms with Crippen LogP contribution in [0.2, 0.25) is 0 Å². The minimum absolute atomic E-state index is 0.0134. The molecule has 31 heavy (non-hydrogen) atoms. The largest absolute Gasteiger partial charge is 0.497 e. The van der Waals surface area contributed by atoms with Crippen molar-refractivity contribution in [1.82, 2.24) is 4.98 Å². The van der Waals surface area contributed by atoms with Crippen molar-refractivity contribution in [2.45, 2.75) is 37.6 Å². The first-order chi connectivity index (χ1) is 14.8. The van der Waals surface area contributed by atoms with E-state index in [4.69, 9.17) is 9.47 Å². The van der Waals surface area contributed by atoms with Gasteiger partial charge < -0.3 is 9.47 Å². The normalized spacial score (nSPS) is 15.8. The number of halogens is 1. The topological polar surface area (TPSA) is 68.7 Å². The third-order valence-corrected chi connectivity index (χ3v) is 8.13. The third-order valence-electron chi connectivity index (χ3n) is 5.47. The monoisotopic (exact) mass is 462 g/mol. The van der Waals surface area contributed by atoms with Gasteiger partial charge in [0.05, 0.1) is 20.3 Å². The van der Waals surface area contributed by atoms with Gasteiger partial charge in [-0.05, 0) is 48.6 Å². The molecule has 164 valence electrons. The first-order valence-corrected chi connectivity index (χ1v) is 12.1. The molecule has 6 nitrogen and oxygen atoms in total. The molecule has 0 saturated heterocycles. The van der Waals surface area contributed by atoms with Crippen molar-refractivity contribution in [3.05, 3.63) is 64.4 Å². The van der Waals surface area contributed by atoms with Crippen LogP contribution in [0.25, 0.3) is 0 Å². The van der Waals surface area contributed by atoms with Gasteiger partial charge in [0.1, 0.15) is 22.2 Å². The molecule has 3 aromatic rings. The highest BCUT2D eigenvalue weighted by atomic mass is 32.2. The summed E-state index contributed by atoms with van der Waals surface area (Å²) in [5, 5.41) is 1.95. The van der Waals surface area contributed by atoms with Crippen LogP contribution in [0.1, 0.15) is 36.0 Å². The minimum atomic E-state index is -4.24. The Morgan fingerprint density at radius 1 is 1.32 bits per heavy atom. The van der Waals surface area contributed by atoms with Gasteiger partial charge >= 0.3 is 0 Å². The summed E-state index contributed by atoms with van der Waals surface area (Å²) >= 11 is 1.18. The number of hydrogen-bond acceptors (Lipinski definition) is 6. The molecule has 1 atom stereocenters. The van der Waals surface area contributed by atoms with Gasteiger partial charge in [-0.25, -0.2) is 22.1 Å². The molecule has 0 saturated carbocycles. The summed E-state index contributed by atoms with van der Waals surface area (Å²) < 4.78 is 54.3. The predicted octanol–water partition coefficient (Wildman–Crippen LogP) is 4.88. The van der Waals surface area contributed by atoms with Crippen LogP contribution in [0.3, 0.4) is 0 Å². The molecular formula is C22H23FN2O4S2. The van der Waals surface area contributed by atoms with Crippen LogP contribution in [-0.2, 0) is 16.6 Å². The predicted molar refractivity (Wildman–Crippen MR) is 118 cm³/mol. The number of thiazole rings is 1. The van der Waals surface area contributed by atoms with Crippen molar-refractivity contribution in [2.24, 2.45) is 0 Å². The van der Waals surface area contributed by atoms with Gasteiger partial charge in [0.25, 0.3) is 10.0 Å². The highest BCUT2D eigenvalue weighted by molar-refractivity contribution is 7.93. The summed E-state index contributed by atoms with van der Waals surface area (Å²) in [5.41, 5.74) is 2.32. The number of aromatic nitrogens is 1. The standard InChI is InChI=1S/C22H23FN2O4S2/c1-14-6-8-29-20-12-21(19(23)11-18(14)20)31(26,27)25(22-24-7-9-30-22)13-16-4-5-17(28-3)10-15(16)2/h4-5,7,9-12,14H,6,8,13H2,1-3H3/t14-/m1/s1. The Hall–Kier alpha value is -2.65. The number of aryl methyl sites for hydroxylation is 1. The fourth-order valence-corrected chi connectivity index (χ4v) is 5.93. The Bertz CT molecular complexity index is 1200. The maximum absolute atomic E-state index is 15.1. The summed E-state index contributed by atoms with van der Waals surface area (Å²) in [5.74, 6) is 0.409. The van der Waals surface area contributed by atoms with Gasteiger partial charge in [0.2, 0.25) is 0 Å². The van der Waals surface area contributed by atoms with E-state index in [0.29, 0.717) is 23.7 Å². The van der Waals surface area contributed by atoms with Crippen LogP contribution >= 0.6 is 11.3 Å². The summed E-state index contributed by atoms with van der Waals surface area (Å²) in [4.78, 5) is 3.77. The maximum atomic E-state index is 15.1. The van der Waals surface area contributed by atoms with E-state index in [1.54, 1.807) is 24.6 Å². The van der Waals surface area contributed by atoms with Crippen molar-refractivity contribution >= 4 is 26.5 Å². The molecule has 0 unspecified atom stereocenters. The van der Waals surface area contributed by atoms with E-state index in [0.717, 1.165) is 21.9 Å². The zero-order valence-electron chi connectivity index (χ0n) is 17.5.